The van der Waals surface area contributed by atoms with Gasteiger partial charge in [0.1, 0.15) is 5.75 Å². The van der Waals surface area contributed by atoms with Crippen LogP contribution in [0.4, 0.5) is 8.78 Å². The molecule has 0 bridgehead atoms. The number of carboxylic acid groups (broad SMARTS) is 1. The molecule has 120 valence electrons. The number of carboxylic acids is 1. The van der Waals surface area contributed by atoms with Crippen LogP contribution in [0.2, 0.25) is 0 Å². The van der Waals surface area contributed by atoms with Gasteiger partial charge < -0.3 is 9.84 Å². The fourth-order valence-corrected chi connectivity index (χ4v) is 2.74. The van der Waals surface area contributed by atoms with Crippen molar-refractivity contribution in [2.45, 2.75) is 25.2 Å². The van der Waals surface area contributed by atoms with E-state index in [2.05, 4.69) is 4.98 Å². The van der Waals surface area contributed by atoms with Crippen LogP contribution in [0.1, 0.15) is 35.2 Å². The second kappa shape index (κ2) is 5.61. The van der Waals surface area contributed by atoms with Crippen LogP contribution in [0.15, 0.2) is 30.5 Å². The van der Waals surface area contributed by atoms with Crippen molar-refractivity contribution in [1.29, 1.82) is 0 Å². The number of halogens is 2. The Labute approximate surface area is 131 Å². The Morgan fingerprint density at radius 1 is 1.35 bits per heavy atom. The molecule has 0 fully saturated rings. The topological polar surface area (TPSA) is 59.4 Å². The summed E-state index contributed by atoms with van der Waals surface area (Å²) in [5.74, 6) is -3.20. The second-order valence-corrected chi connectivity index (χ2v) is 5.57. The number of hydrogen-bond donors (Lipinski definition) is 1. The zero-order chi connectivity index (χ0) is 16.6. The molecule has 1 heterocycles. The highest BCUT2D eigenvalue weighted by Gasteiger charge is 2.31. The molecule has 1 N–H and O–H groups in total. The van der Waals surface area contributed by atoms with Crippen molar-refractivity contribution >= 4 is 22.4 Å². The van der Waals surface area contributed by atoms with Crippen LogP contribution in [0.3, 0.4) is 0 Å². The summed E-state index contributed by atoms with van der Waals surface area (Å²) in [6.45, 7) is 0. The molecule has 0 radical (unpaired) electrons. The molecule has 0 saturated carbocycles. The van der Waals surface area contributed by atoms with Crippen LogP contribution in [0, 0.1) is 0 Å². The van der Waals surface area contributed by atoms with Crippen LogP contribution >= 0.6 is 0 Å². The summed E-state index contributed by atoms with van der Waals surface area (Å²) in [7, 11) is 1.50. The zero-order valence-electron chi connectivity index (χ0n) is 12.5. The number of rotatable bonds is 3. The van der Waals surface area contributed by atoms with Crippen LogP contribution < -0.4 is 4.74 Å². The molecule has 0 atom stereocenters. The Morgan fingerprint density at radius 2 is 2.13 bits per heavy atom. The number of allylic oxidation sites excluding steroid dienone is 2. The number of alkyl halides is 2. The monoisotopic (exact) mass is 319 g/mol. The zero-order valence-corrected chi connectivity index (χ0v) is 12.5. The van der Waals surface area contributed by atoms with E-state index in [1.165, 1.54) is 25.4 Å². The summed E-state index contributed by atoms with van der Waals surface area (Å²) in [5.41, 5.74) is 2.16. The minimum Gasteiger partial charge on any atom is -0.497 e. The third kappa shape index (κ3) is 3.02. The highest BCUT2D eigenvalue weighted by molar-refractivity contribution is 5.97. The van der Waals surface area contributed by atoms with Gasteiger partial charge in [0.2, 0.25) is 0 Å². The number of carbonyl (C=O) groups is 1. The maximum atomic E-state index is 13.3. The van der Waals surface area contributed by atoms with E-state index in [1.807, 2.05) is 0 Å². The molecule has 6 heteroatoms. The smallest absolute Gasteiger partial charge is 0.337 e. The summed E-state index contributed by atoms with van der Waals surface area (Å²) < 4.78 is 31.9. The van der Waals surface area contributed by atoms with Gasteiger partial charge in [-0.1, -0.05) is 6.08 Å². The largest absolute Gasteiger partial charge is 0.497 e. The summed E-state index contributed by atoms with van der Waals surface area (Å²) >= 11 is 0. The number of nitrogens with zero attached hydrogens (tertiary/aromatic N) is 1. The van der Waals surface area contributed by atoms with Gasteiger partial charge in [0.25, 0.3) is 5.92 Å². The van der Waals surface area contributed by atoms with E-state index in [0.717, 1.165) is 5.57 Å². The fraction of sp³-hybridized carbons (Fsp3) is 0.294. The van der Waals surface area contributed by atoms with Crippen LogP contribution in [0.25, 0.3) is 16.5 Å². The maximum absolute atomic E-state index is 13.3. The van der Waals surface area contributed by atoms with Crippen LogP contribution in [0.5, 0.6) is 5.75 Å². The Kier molecular flexibility index (Phi) is 3.75. The van der Waals surface area contributed by atoms with Gasteiger partial charge in [0.15, 0.2) is 0 Å². The Balaban J connectivity index is 2.16. The van der Waals surface area contributed by atoms with E-state index < -0.39 is 11.9 Å². The van der Waals surface area contributed by atoms with Gasteiger partial charge in [-0.3, -0.25) is 4.98 Å². The summed E-state index contributed by atoms with van der Waals surface area (Å²) in [6, 6.07) is 4.95. The standard InChI is InChI=1S/C17H15F2NO3/c1-23-13-7-11-6-12(16(21)22)9-20-15(11)14(8-13)10-2-4-17(18,19)5-3-10/h2,6-9H,3-5H2,1H3,(H,21,22). The van der Waals surface area contributed by atoms with E-state index in [1.54, 1.807) is 12.1 Å². The van der Waals surface area contributed by atoms with Gasteiger partial charge in [-0.25, -0.2) is 13.6 Å². The van der Waals surface area contributed by atoms with E-state index in [4.69, 9.17) is 9.84 Å². The Morgan fingerprint density at radius 3 is 2.74 bits per heavy atom. The van der Waals surface area contributed by atoms with E-state index in [-0.39, 0.29) is 24.8 Å². The van der Waals surface area contributed by atoms with Crippen molar-refractivity contribution in [2.24, 2.45) is 0 Å². The highest BCUT2D eigenvalue weighted by Crippen LogP contribution is 2.39. The molecule has 1 aliphatic rings. The van der Waals surface area contributed by atoms with E-state index >= 15 is 0 Å². The average Bonchev–Trinajstić information content (AvgIpc) is 2.53. The molecule has 0 amide bonds. The van der Waals surface area contributed by atoms with Crippen molar-refractivity contribution in [2.75, 3.05) is 7.11 Å². The van der Waals surface area contributed by atoms with Gasteiger partial charge in [0.05, 0.1) is 18.2 Å². The first kappa shape index (κ1) is 15.4. The molecule has 23 heavy (non-hydrogen) atoms. The summed E-state index contributed by atoms with van der Waals surface area (Å²) in [4.78, 5) is 15.3. The lowest BCUT2D eigenvalue weighted by Gasteiger charge is -2.22. The normalized spacial score (nSPS) is 16.9. The Hall–Kier alpha value is -2.50. The number of hydrogen-bond acceptors (Lipinski definition) is 3. The molecule has 0 aliphatic heterocycles. The molecule has 3 rings (SSSR count). The minimum atomic E-state index is -2.66. The SMILES string of the molecule is COc1cc(C2=CCC(F)(F)CC2)c2ncc(C(=O)O)cc2c1. The summed E-state index contributed by atoms with van der Waals surface area (Å²) in [5, 5.41) is 9.69. The molecule has 2 aromatic rings. The lowest BCUT2D eigenvalue weighted by molar-refractivity contribution is -0.00603. The summed E-state index contributed by atoms with van der Waals surface area (Å²) in [6.07, 6.45) is 2.56. The molecule has 1 aromatic carbocycles. The van der Waals surface area contributed by atoms with Crippen LogP contribution in [-0.4, -0.2) is 29.1 Å². The maximum Gasteiger partial charge on any atom is 0.337 e. The predicted molar refractivity (Wildman–Crippen MR) is 82.0 cm³/mol. The van der Waals surface area contributed by atoms with Crippen molar-refractivity contribution in [3.8, 4) is 5.75 Å². The first-order chi connectivity index (χ1) is 10.9. The number of aromatic carboxylic acids is 1. The lowest BCUT2D eigenvalue weighted by Crippen LogP contribution is -2.18. The number of methoxy groups -OCH3 is 1. The number of benzene rings is 1. The van der Waals surface area contributed by atoms with Crippen molar-refractivity contribution in [3.63, 3.8) is 0 Å². The fourth-order valence-electron chi connectivity index (χ4n) is 2.74. The van der Waals surface area contributed by atoms with E-state index in [9.17, 15) is 13.6 Å². The van der Waals surface area contributed by atoms with Crippen molar-refractivity contribution in [1.82, 2.24) is 4.98 Å². The molecule has 0 spiro atoms. The first-order valence-corrected chi connectivity index (χ1v) is 7.18. The van der Waals surface area contributed by atoms with Gasteiger partial charge in [-0.2, -0.15) is 0 Å². The quantitative estimate of drug-likeness (QED) is 0.923. The molecular formula is C17H15F2NO3. The molecule has 4 nitrogen and oxygen atoms in total. The minimum absolute atomic E-state index is 0.0702. The van der Waals surface area contributed by atoms with Crippen LogP contribution in [-0.2, 0) is 0 Å². The third-order valence-electron chi connectivity index (χ3n) is 3.99. The van der Waals surface area contributed by atoms with Gasteiger partial charge in [-0.15, -0.1) is 0 Å². The van der Waals surface area contributed by atoms with Crippen molar-refractivity contribution < 1.29 is 23.4 Å². The Bertz CT molecular complexity index is 815. The van der Waals surface area contributed by atoms with Gasteiger partial charge >= 0.3 is 5.97 Å². The van der Waals surface area contributed by atoms with E-state index in [0.29, 0.717) is 22.2 Å². The van der Waals surface area contributed by atoms with Crippen molar-refractivity contribution in [3.05, 3.63) is 41.6 Å². The number of ether oxygens (including phenoxy) is 1. The molecule has 0 unspecified atom stereocenters. The molecular weight excluding hydrogens is 304 g/mol. The molecule has 1 aromatic heterocycles. The number of aromatic nitrogens is 1. The lowest BCUT2D eigenvalue weighted by atomic mass is 9.90. The molecule has 1 aliphatic carbocycles. The third-order valence-corrected chi connectivity index (χ3v) is 3.99. The second-order valence-electron chi connectivity index (χ2n) is 5.57. The predicted octanol–water partition coefficient (Wildman–Crippen LogP) is 4.14. The number of pyridine rings is 1. The average molecular weight is 319 g/mol. The number of fused-ring (bicyclic) bond motifs is 1. The molecule has 0 saturated heterocycles. The van der Waals surface area contributed by atoms with Gasteiger partial charge in [0, 0.05) is 30.0 Å². The first-order valence-electron chi connectivity index (χ1n) is 7.18. The van der Waals surface area contributed by atoms with Gasteiger partial charge in [-0.05, 0) is 30.2 Å². The highest BCUT2D eigenvalue weighted by atomic mass is 19.3.